The highest BCUT2D eigenvalue weighted by molar-refractivity contribution is 9.10. The molecule has 5 nitrogen and oxygen atoms in total. The van der Waals surface area contributed by atoms with Crippen molar-refractivity contribution in [3.8, 4) is 0 Å². The lowest BCUT2D eigenvalue weighted by molar-refractivity contribution is -0.115. The lowest BCUT2D eigenvalue weighted by atomic mass is 9.99. The van der Waals surface area contributed by atoms with E-state index in [4.69, 9.17) is 21.4 Å². The topological polar surface area (TPSA) is 70.6 Å². The summed E-state index contributed by atoms with van der Waals surface area (Å²) in [6.07, 6.45) is 0.493. The van der Waals surface area contributed by atoms with Gasteiger partial charge < -0.3 is 20.5 Å². The van der Waals surface area contributed by atoms with Crippen LogP contribution in [0, 0.1) is 0 Å². The Balaban J connectivity index is 2.56. The first-order valence-corrected chi connectivity index (χ1v) is 7.67. The van der Waals surface area contributed by atoms with E-state index in [0.29, 0.717) is 23.7 Å². The standard InChI is InChI=1S/C14H20BrClN2O3/c1-14(5-6-19,9-21-2)17-8-13(20)18-12-4-3-10(15)7-11(12)16/h3-4,7,17,19H,5-6,8-9H2,1-2H3,(H,18,20)/t14-/m0/s1. The number of hydrogen-bond donors (Lipinski definition) is 3. The van der Waals surface area contributed by atoms with E-state index in [9.17, 15) is 4.79 Å². The largest absolute Gasteiger partial charge is 0.396 e. The SMILES string of the molecule is COC[C@](C)(CCO)NCC(=O)Nc1ccc(Br)cc1Cl. The molecule has 1 amide bonds. The fourth-order valence-electron chi connectivity index (χ4n) is 1.86. The highest BCUT2D eigenvalue weighted by atomic mass is 79.9. The number of ether oxygens (including phenoxy) is 1. The van der Waals surface area contributed by atoms with Crippen LogP contribution in [0.15, 0.2) is 22.7 Å². The normalized spacial score (nSPS) is 13.8. The highest BCUT2D eigenvalue weighted by Crippen LogP contribution is 2.25. The number of aliphatic hydroxyl groups is 1. The molecule has 0 aliphatic rings. The van der Waals surface area contributed by atoms with Gasteiger partial charge in [0, 0.05) is 23.7 Å². The zero-order valence-corrected chi connectivity index (χ0v) is 14.4. The minimum absolute atomic E-state index is 0.0209. The van der Waals surface area contributed by atoms with Crippen LogP contribution >= 0.6 is 27.5 Å². The van der Waals surface area contributed by atoms with Gasteiger partial charge in [-0.2, -0.15) is 0 Å². The van der Waals surface area contributed by atoms with Gasteiger partial charge in [-0.05, 0) is 31.5 Å². The quantitative estimate of drug-likeness (QED) is 0.649. The van der Waals surface area contributed by atoms with Crippen molar-refractivity contribution in [2.75, 3.05) is 32.2 Å². The molecule has 0 aliphatic heterocycles. The van der Waals surface area contributed by atoms with Crippen LogP contribution in [-0.4, -0.2) is 43.4 Å². The van der Waals surface area contributed by atoms with Crippen molar-refractivity contribution in [3.05, 3.63) is 27.7 Å². The van der Waals surface area contributed by atoms with Crippen LogP contribution in [0.4, 0.5) is 5.69 Å². The fraction of sp³-hybridized carbons (Fsp3) is 0.500. The van der Waals surface area contributed by atoms with Crippen molar-refractivity contribution >= 4 is 39.1 Å². The van der Waals surface area contributed by atoms with Crippen molar-refractivity contribution in [3.63, 3.8) is 0 Å². The molecular formula is C14H20BrClN2O3. The van der Waals surface area contributed by atoms with Gasteiger partial charge in [0.15, 0.2) is 0 Å². The van der Waals surface area contributed by atoms with Crippen LogP contribution in [0.3, 0.4) is 0 Å². The van der Waals surface area contributed by atoms with Gasteiger partial charge in [0.05, 0.1) is 23.9 Å². The van der Waals surface area contributed by atoms with Crippen LogP contribution in [-0.2, 0) is 9.53 Å². The van der Waals surface area contributed by atoms with Gasteiger partial charge in [-0.15, -0.1) is 0 Å². The number of carbonyl (C=O) groups excluding carboxylic acids is 1. The van der Waals surface area contributed by atoms with Crippen LogP contribution < -0.4 is 10.6 Å². The summed E-state index contributed by atoms with van der Waals surface area (Å²) in [4.78, 5) is 12.0. The summed E-state index contributed by atoms with van der Waals surface area (Å²) in [5, 5.41) is 15.4. The molecule has 0 fully saturated rings. The number of halogens is 2. The molecule has 7 heteroatoms. The Morgan fingerprint density at radius 2 is 2.24 bits per heavy atom. The Morgan fingerprint density at radius 3 is 2.81 bits per heavy atom. The molecule has 1 aromatic rings. The molecule has 0 spiro atoms. The van der Waals surface area contributed by atoms with Gasteiger partial charge in [-0.1, -0.05) is 27.5 Å². The molecule has 0 saturated heterocycles. The third-order valence-corrected chi connectivity index (χ3v) is 3.81. The Hall–Kier alpha value is -0.660. The van der Waals surface area contributed by atoms with Crippen molar-refractivity contribution < 1.29 is 14.6 Å². The molecular weight excluding hydrogens is 360 g/mol. The Bertz CT molecular complexity index is 479. The van der Waals surface area contributed by atoms with Crippen molar-refractivity contribution in [2.24, 2.45) is 0 Å². The minimum Gasteiger partial charge on any atom is -0.396 e. The summed E-state index contributed by atoms with van der Waals surface area (Å²) in [5.41, 5.74) is 0.104. The van der Waals surface area contributed by atoms with Crippen molar-refractivity contribution in [2.45, 2.75) is 18.9 Å². The Kier molecular flexibility index (Phi) is 7.62. The van der Waals surface area contributed by atoms with E-state index >= 15 is 0 Å². The molecule has 0 radical (unpaired) electrons. The molecule has 3 N–H and O–H groups in total. The molecule has 1 aromatic carbocycles. The number of anilines is 1. The zero-order chi connectivity index (χ0) is 15.9. The van der Waals surface area contributed by atoms with Gasteiger partial charge >= 0.3 is 0 Å². The summed E-state index contributed by atoms with van der Waals surface area (Å²) in [7, 11) is 1.58. The summed E-state index contributed by atoms with van der Waals surface area (Å²) in [6.45, 7) is 2.42. The molecule has 1 rings (SSSR count). The molecule has 0 unspecified atom stereocenters. The third-order valence-electron chi connectivity index (χ3n) is 3.01. The first-order chi connectivity index (χ1) is 9.90. The van der Waals surface area contributed by atoms with Gasteiger partial charge in [-0.25, -0.2) is 0 Å². The average Bonchev–Trinajstić information content (AvgIpc) is 2.40. The van der Waals surface area contributed by atoms with E-state index in [1.165, 1.54) is 0 Å². The van der Waals surface area contributed by atoms with E-state index in [0.717, 1.165) is 4.47 Å². The lowest BCUT2D eigenvalue weighted by Gasteiger charge is -2.29. The third kappa shape index (κ3) is 6.32. The summed E-state index contributed by atoms with van der Waals surface area (Å²) in [5.74, 6) is -0.209. The molecule has 0 bridgehead atoms. The number of carbonyl (C=O) groups is 1. The smallest absolute Gasteiger partial charge is 0.238 e. The van der Waals surface area contributed by atoms with Gasteiger partial charge in [0.2, 0.25) is 5.91 Å². The average molecular weight is 380 g/mol. The summed E-state index contributed by atoms with van der Waals surface area (Å²) in [6, 6.07) is 5.24. The van der Waals surface area contributed by atoms with E-state index in [2.05, 4.69) is 26.6 Å². The van der Waals surface area contributed by atoms with Crippen LogP contribution in [0.25, 0.3) is 0 Å². The highest BCUT2D eigenvalue weighted by Gasteiger charge is 2.24. The molecule has 0 aliphatic carbocycles. The first kappa shape index (κ1) is 18.4. The van der Waals surface area contributed by atoms with Gasteiger partial charge in [0.25, 0.3) is 0 Å². The minimum atomic E-state index is -0.454. The molecule has 21 heavy (non-hydrogen) atoms. The molecule has 0 aromatic heterocycles. The second-order valence-electron chi connectivity index (χ2n) is 4.99. The summed E-state index contributed by atoms with van der Waals surface area (Å²) < 4.78 is 5.96. The van der Waals surface area contributed by atoms with Crippen LogP contribution in [0.5, 0.6) is 0 Å². The summed E-state index contributed by atoms with van der Waals surface area (Å²) >= 11 is 9.35. The maximum Gasteiger partial charge on any atom is 0.238 e. The predicted molar refractivity (Wildman–Crippen MR) is 87.8 cm³/mol. The van der Waals surface area contributed by atoms with Crippen LogP contribution in [0.1, 0.15) is 13.3 Å². The Labute approximate surface area is 138 Å². The van der Waals surface area contributed by atoms with Gasteiger partial charge in [0.1, 0.15) is 0 Å². The molecule has 1 atom stereocenters. The van der Waals surface area contributed by atoms with Gasteiger partial charge in [-0.3, -0.25) is 4.79 Å². The van der Waals surface area contributed by atoms with E-state index in [1.807, 2.05) is 6.92 Å². The maximum absolute atomic E-state index is 12.0. The molecule has 0 heterocycles. The van der Waals surface area contributed by atoms with E-state index in [-0.39, 0.29) is 19.1 Å². The number of methoxy groups -OCH3 is 1. The number of rotatable bonds is 8. The van der Waals surface area contributed by atoms with Crippen LogP contribution in [0.2, 0.25) is 5.02 Å². The zero-order valence-electron chi connectivity index (χ0n) is 12.1. The fourth-order valence-corrected chi connectivity index (χ4v) is 2.58. The number of nitrogens with one attached hydrogen (secondary N) is 2. The number of benzene rings is 1. The first-order valence-electron chi connectivity index (χ1n) is 6.50. The van der Waals surface area contributed by atoms with Crippen molar-refractivity contribution in [1.82, 2.24) is 5.32 Å². The lowest BCUT2D eigenvalue weighted by Crippen LogP contribution is -2.49. The van der Waals surface area contributed by atoms with E-state index in [1.54, 1.807) is 25.3 Å². The Morgan fingerprint density at radius 1 is 1.52 bits per heavy atom. The maximum atomic E-state index is 12.0. The predicted octanol–water partition coefficient (Wildman–Crippen LogP) is 2.42. The second kappa shape index (κ2) is 8.70. The van der Waals surface area contributed by atoms with Crippen molar-refractivity contribution in [1.29, 1.82) is 0 Å². The molecule has 0 saturated carbocycles. The molecule has 118 valence electrons. The second-order valence-corrected chi connectivity index (χ2v) is 6.32. The number of aliphatic hydroxyl groups excluding tert-OH is 1. The van der Waals surface area contributed by atoms with E-state index < -0.39 is 5.54 Å². The number of hydrogen-bond acceptors (Lipinski definition) is 4. The monoisotopic (exact) mass is 378 g/mol. The number of amides is 1.